The predicted octanol–water partition coefficient (Wildman–Crippen LogP) is 3.72. The van der Waals surface area contributed by atoms with Crippen LogP contribution in [-0.4, -0.2) is 16.1 Å². The fraction of sp³-hybridized carbons (Fsp3) is 0.111. The molecule has 0 unspecified atom stereocenters. The molecule has 0 saturated carbocycles. The molecule has 0 spiro atoms. The molecule has 0 amide bonds. The number of nitrogens with zero attached hydrogens (tertiary/aromatic N) is 1. The molecule has 3 aromatic rings. The van der Waals surface area contributed by atoms with E-state index >= 15 is 0 Å². The van der Waals surface area contributed by atoms with Crippen molar-refractivity contribution in [2.24, 2.45) is 0 Å². The van der Waals surface area contributed by atoms with Crippen LogP contribution in [0.25, 0.3) is 10.9 Å². The highest BCUT2D eigenvalue weighted by Crippen LogP contribution is 2.19. The summed E-state index contributed by atoms with van der Waals surface area (Å²) in [6.07, 6.45) is 1.58. The number of carboxylic acids is 1. The zero-order chi connectivity index (χ0) is 14.7. The normalized spacial score (nSPS) is 10.7. The minimum absolute atomic E-state index is 0.323. The molecule has 0 fully saturated rings. The van der Waals surface area contributed by atoms with Crippen LogP contribution in [0.3, 0.4) is 0 Å². The summed E-state index contributed by atoms with van der Waals surface area (Å²) in [7, 11) is 0. The summed E-state index contributed by atoms with van der Waals surface area (Å²) >= 11 is 0. The number of rotatable bonds is 4. The van der Waals surface area contributed by atoms with Crippen molar-refractivity contribution in [3.8, 4) is 0 Å². The van der Waals surface area contributed by atoms with Gasteiger partial charge in [0.25, 0.3) is 0 Å². The highest BCUT2D eigenvalue weighted by Gasteiger charge is 2.11. The molecule has 0 atom stereocenters. The number of hydrogen-bond donors (Lipinski definition) is 1. The van der Waals surface area contributed by atoms with Gasteiger partial charge < -0.3 is 5.11 Å². The van der Waals surface area contributed by atoms with Crippen LogP contribution in [0.5, 0.6) is 0 Å². The van der Waals surface area contributed by atoms with Gasteiger partial charge in [-0.1, -0.05) is 48.5 Å². The van der Waals surface area contributed by atoms with Crippen molar-refractivity contribution in [1.29, 1.82) is 0 Å². The summed E-state index contributed by atoms with van der Waals surface area (Å²) < 4.78 is 0. The highest BCUT2D eigenvalue weighted by atomic mass is 16.4. The minimum Gasteiger partial charge on any atom is -0.478 e. The molecule has 0 saturated heterocycles. The van der Waals surface area contributed by atoms with E-state index in [2.05, 4.69) is 17.1 Å². The van der Waals surface area contributed by atoms with Crippen molar-refractivity contribution in [3.05, 3.63) is 77.5 Å². The maximum Gasteiger partial charge on any atom is 0.336 e. The zero-order valence-electron chi connectivity index (χ0n) is 11.5. The molecular formula is C18H15NO2. The second kappa shape index (κ2) is 5.75. The van der Waals surface area contributed by atoms with Crippen LogP contribution in [-0.2, 0) is 12.8 Å². The van der Waals surface area contributed by atoms with E-state index in [-0.39, 0.29) is 0 Å². The molecule has 3 nitrogen and oxygen atoms in total. The van der Waals surface area contributed by atoms with Crippen molar-refractivity contribution in [2.45, 2.75) is 12.8 Å². The van der Waals surface area contributed by atoms with E-state index in [9.17, 15) is 9.90 Å². The van der Waals surface area contributed by atoms with Crippen LogP contribution in [0.1, 0.15) is 21.6 Å². The molecule has 2 aromatic carbocycles. The maximum absolute atomic E-state index is 11.4. The van der Waals surface area contributed by atoms with Gasteiger partial charge in [0, 0.05) is 11.1 Å². The van der Waals surface area contributed by atoms with Crippen LogP contribution in [0, 0.1) is 0 Å². The van der Waals surface area contributed by atoms with Crippen LogP contribution < -0.4 is 0 Å². The summed E-state index contributed by atoms with van der Waals surface area (Å²) in [4.78, 5) is 16.0. The number of benzene rings is 2. The van der Waals surface area contributed by atoms with Crippen molar-refractivity contribution in [3.63, 3.8) is 0 Å². The second-order valence-electron chi connectivity index (χ2n) is 4.97. The SMILES string of the molecule is O=C(O)c1cc(CCc2ccccc2)nc2ccccc12. The van der Waals surface area contributed by atoms with E-state index in [4.69, 9.17) is 0 Å². The monoisotopic (exact) mass is 277 g/mol. The Morgan fingerprint density at radius 1 is 0.952 bits per heavy atom. The molecule has 21 heavy (non-hydrogen) atoms. The van der Waals surface area contributed by atoms with Gasteiger partial charge in [0.05, 0.1) is 11.1 Å². The molecular weight excluding hydrogens is 262 g/mol. The molecule has 3 rings (SSSR count). The average Bonchev–Trinajstić information content (AvgIpc) is 2.53. The van der Waals surface area contributed by atoms with Crippen molar-refractivity contribution in [1.82, 2.24) is 4.98 Å². The molecule has 1 N–H and O–H groups in total. The van der Waals surface area contributed by atoms with E-state index in [1.165, 1.54) is 5.56 Å². The lowest BCUT2D eigenvalue weighted by molar-refractivity contribution is 0.0699. The number of aromatic carboxylic acids is 1. The first kappa shape index (κ1) is 13.3. The van der Waals surface area contributed by atoms with Gasteiger partial charge in [-0.25, -0.2) is 4.79 Å². The molecule has 104 valence electrons. The highest BCUT2D eigenvalue weighted by molar-refractivity contribution is 6.02. The number of carboxylic acid groups (broad SMARTS) is 1. The van der Waals surface area contributed by atoms with Gasteiger partial charge >= 0.3 is 5.97 Å². The first-order chi connectivity index (χ1) is 10.2. The Morgan fingerprint density at radius 3 is 2.43 bits per heavy atom. The third-order valence-electron chi connectivity index (χ3n) is 3.51. The van der Waals surface area contributed by atoms with E-state index in [1.54, 1.807) is 12.1 Å². The zero-order valence-corrected chi connectivity index (χ0v) is 11.5. The first-order valence-electron chi connectivity index (χ1n) is 6.90. The smallest absolute Gasteiger partial charge is 0.336 e. The van der Waals surface area contributed by atoms with Gasteiger partial charge in [0.15, 0.2) is 0 Å². The fourth-order valence-corrected chi connectivity index (χ4v) is 2.45. The molecule has 1 heterocycles. The van der Waals surface area contributed by atoms with E-state index in [0.29, 0.717) is 10.9 Å². The van der Waals surface area contributed by atoms with Gasteiger partial charge in [0.1, 0.15) is 0 Å². The lowest BCUT2D eigenvalue weighted by atomic mass is 10.0. The van der Waals surface area contributed by atoms with Crippen LogP contribution >= 0.6 is 0 Å². The predicted molar refractivity (Wildman–Crippen MR) is 82.6 cm³/mol. The largest absolute Gasteiger partial charge is 0.478 e. The number of hydrogen-bond acceptors (Lipinski definition) is 2. The fourth-order valence-electron chi connectivity index (χ4n) is 2.45. The van der Waals surface area contributed by atoms with Crippen LogP contribution in [0.4, 0.5) is 0 Å². The van der Waals surface area contributed by atoms with E-state index in [0.717, 1.165) is 24.1 Å². The maximum atomic E-state index is 11.4. The number of pyridine rings is 1. The first-order valence-corrected chi connectivity index (χ1v) is 6.90. The number of aryl methyl sites for hydroxylation is 2. The van der Waals surface area contributed by atoms with Gasteiger partial charge in [-0.3, -0.25) is 4.98 Å². The van der Waals surface area contributed by atoms with Gasteiger partial charge in [-0.05, 0) is 30.5 Å². The number of para-hydroxylation sites is 1. The minimum atomic E-state index is -0.908. The van der Waals surface area contributed by atoms with E-state index < -0.39 is 5.97 Å². The molecule has 0 aliphatic heterocycles. The number of aromatic nitrogens is 1. The Morgan fingerprint density at radius 2 is 1.67 bits per heavy atom. The van der Waals surface area contributed by atoms with Gasteiger partial charge in [0.2, 0.25) is 0 Å². The molecule has 3 heteroatoms. The van der Waals surface area contributed by atoms with E-state index in [1.807, 2.05) is 36.4 Å². The topological polar surface area (TPSA) is 50.2 Å². The summed E-state index contributed by atoms with van der Waals surface area (Å²) in [5, 5.41) is 10.1. The molecule has 0 bridgehead atoms. The Hall–Kier alpha value is -2.68. The third kappa shape index (κ3) is 2.92. The van der Waals surface area contributed by atoms with Gasteiger partial charge in [-0.2, -0.15) is 0 Å². The van der Waals surface area contributed by atoms with Crippen LogP contribution in [0.15, 0.2) is 60.7 Å². The number of carbonyl (C=O) groups is 1. The molecule has 0 aliphatic rings. The Bertz CT molecular complexity index is 782. The lowest BCUT2D eigenvalue weighted by Crippen LogP contribution is -2.03. The van der Waals surface area contributed by atoms with Gasteiger partial charge in [-0.15, -0.1) is 0 Å². The standard InChI is InChI=1S/C18H15NO2/c20-18(21)16-12-14(11-10-13-6-2-1-3-7-13)19-17-9-5-4-8-15(16)17/h1-9,12H,10-11H2,(H,20,21). The summed E-state index contributed by atoms with van der Waals surface area (Å²) in [5.41, 5.74) is 3.10. The summed E-state index contributed by atoms with van der Waals surface area (Å²) in [6.45, 7) is 0. The quantitative estimate of drug-likeness (QED) is 0.790. The lowest BCUT2D eigenvalue weighted by Gasteiger charge is -2.07. The van der Waals surface area contributed by atoms with Crippen molar-refractivity contribution >= 4 is 16.9 Å². The second-order valence-corrected chi connectivity index (χ2v) is 4.97. The summed E-state index contributed by atoms with van der Waals surface area (Å²) in [5.74, 6) is -0.908. The Labute approximate surface area is 122 Å². The number of fused-ring (bicyclic) bond motifs is 1. The Kier molecular flexibility index (Phi) is 3.65. The van der Waals surface area contributed by atoms with Crippen molar-refractivity contribution < 1.29 is 9.90 Å². The van der Waals surface area contributed by atoms with Crippen LogP contribution in [0.2, 0.25) is 0 Å². The third-order valence-corrected chi connectivity index (χ3v) is 3.51. The molecule has 1 aromatic heterocycles. The Balaban J connectivity index is 1.94. The average molecular weight is 277 g/mol. The summed E-state index contributed by atoms with van der Waals surface area (Å²) in [6, 6.07) is 19.2. The molecule has 0 aliphatic carbocycles. The van der Waals surface area contributed by atoms with Crippen molar-refractivity contribution in [2.75, 3.05) is 0 Å². The molecule has 0 radical (unpaired) electrons.